The van der Waals surface area contributed by atoms with Gasteiger partial charge in [-0.15, -0.1) is 11.6 Å². The Balaban J connectivity index is 2.64. The second kappa shape index (κ2) is 3.22. The largest absolute Gasteiger partial charge is 0.351 e. The molecule has 0 aromatic rings. The van der Waals surface area contributed by atoms with Crippen LogP contribution < -0.4 is 5.32 Å². The molecule has 70 valence electrons. The van der Waals surface area contributed by atoms with E-state index >= 15 is 0 Å². The minimum atomic E-state index is -3.04. The van der Waals surface area contributed by atoms with Crippen LogP contribution in [0.2, 0.25) is 0 Å². The van der Waals surface area contributed by atoms with Crippen molar-refractivity contribution in [3.63, 3.8) is 0 Å². The molecule has 12 heavy (non-hydrogen) atoms. The molecule has 1 aliphatic rings. The Morgan fingerprint density at radius 2 is 2.08 bits per heavy atom. The van der Waals surface area contributed by atoms with Crippen molar-refractivity contribution in [2.75, 3.05) is 11.5 Å². The second-order valence-electron chi connectivity index (χ2n) is 2.90. The first kappa shape index (κ1) is 9.80. The predicted octanol–water partition coefficient (Wildman–Crippen LogP) is -0.473. The average Bonchev–Trinajstić information content (AvgIpc) is 2.03. The number of halogens is 1. The molecule has 4 nitrogen and oxygen atoms in total. The van der Waals surface area contributed by atoms with Crippen LogP contribution in [0.4, 0.5) is 0 Å². The molecule has 0 radical (unpaired) electrons. The third kappa shape index (κ3) is 2.35. The van der Waals surface area contributed by atoms with Crippen molar-refractivity contribution in [3.05, 3.63) is 0 Å². The Bertz CT molecular complexity index is 287. The van der Waals surface area contributed by atoms with Crippen molar-refractivity contribution in [3.8, 4) is 0 Å². The number of sulfone groups is 1. The molecule has 0 aliphatic carbocycles. The smallest absolute Gasteiger partial charge is 0.217 e. The minimum absolute atomic E-state index is 0.0409. The molecule has 0 spiro atoms. The zero-order valence-electron chi connectivity index (χ0n) is 6.58. The number of hydrogen-bond donors (Lipinski definition) is 1. The van der Waals surface area contributed by atoms with Gasteiger partial charge in [-0.25, -0.2) is 8.42 Å². The van der Waals surface area contributed by atoms with Crippen molar-refractivity contribution in [2.45, 2.75) is 18.3 Å². The zero-order chi connectivity index (χ0) is 9.35. The lowest BCUT2D eigenvalue weighted by Crippen LogP contribution is -2.39. The van der Waals surface area contributed by atoms with E-state index in [1.807, 2.05) is 0 Å². The van der Waals surface area contributed by atoms with E-state index in [1.54, 1.807) is 0 Å². The summed E-state index contributed by atoms with van der Waals surface area (Å²) in [5.74, 6) is -0.331. The molecular weight excluding hydrogens is 202 g/mol. The monoisotopic (exact) mass is 211 g/mol. The standard InChI is InChI=1S/C6H10ClNO3S/c1-4(9)8-6-3-12(10,11)2-5(6)7/h5-6H,2-3H2,1H3,(H,8,9)/t5-,6-/m0/s1. The number of carbonyl (C=O) groups excluding carboxylic acids is 1. The summed E-state index contributed by atoms with van der Waals surface area (Å²) < 4.78 is 22.0. The summed E-state index contributed by atoms with van der Waals surface area (Å²) >= 11 is 5.71. The van der Waals surface area contributed by atoms with Gasteiger partial charge in [0, 0.05) is 6.92 Å². The van der Waals surface area contributed by atoms with Gasteiger partial charge in [0.2, 0.25) is 5.91 Å². The lowest BCUT2D eigenvalue weighted by molar-refractivity contribution is -0.119. The first-order chi connectivity index (χ1) is 5.41. The van der Waals surface area contributed by atoms with Gasteiger partial charge < -0.3 is 5.32 Å². The van der Waals surface area contributed by atoms with Crippen LogP contribution in [-0.2, 0) is 14.6 Å². The fourth-order valence-corrected chi connectivity index (χ4v) is 3.75. The van der Waals surface area contributed by atoms with Crippen LogP contribution in [0.15, 0.2) is 0 Å². The maximum atomic E-state index is 11.0. The molecule has 0 aromatic carbocycles. The Hall–Kier alpha value is -0.290. The van der Waals surface area contributed by atoms with Crippen LogP contribution >= 0.6 is 11.6 Å². The van der Waals surface area contributed by atoms with Crippen LogP contribution in [0.1, 0.15) is 6.92 Å². The van der Waals surface area contributed by atoms with Gasteiger partial charge in [0.15, 0.2) is 9.84 Å². The first-order valence-corrected chi connectivity index (χ1v) is 5.78. The summed E-state index contributed by atoms with van der Waals surface area (Å²) in [6, 6.07) is -0.422. The topological polar surface area (TPSA) is 63.2 Å². The van der Waals surface area contributed by atoms with E-state index in [0.29, 0.717) is 0 Å². The second-order valence-corrected chi connectivity index (χ2v) is 5.61. The van der Waals surface area contributed by atoms with Crippen molar-refractivity contribution in [1.29, 1.82) is 0 Å². The van der Waals surface area contributed by atoms with Gasteiger partial charge in [-0.3, -0.25) is 4.79 Å². The molecule has 0 aromatic heterocycles. The molecule has 2 atom stereocenters. The van der Waals surface area contributed by atoms with Gasteiger partial charge in [-0.05, 0) is 0 Å². The number of rotatable bonds is 1. The Labute approximate surface area is 76.2 Å². The van der Waals surface area contributed by atoms with Gasteiger partial charge in [-0.1, -0.05) is 0 Å². The fraction of sp³-hybridized carbons (Fsp3) is 0.833. The lowest BCUT2D eigenvalue weighted by Gasteiger charge is -2.11. The van der Waals surface area contributed by atoms with Gasteiger partial charge in [-0.2, -0.15) is 0 Å². The molecule has 1 aliphatic heterocycles. The predicted molar refractivity (Wildman–Crippen MR) is 45.9 cm³/mol. The molecule has 0 unspecified atom stereocenters. The lowest BCUT2D eigenvalue weighted by atomic mass is 10.2. The molecule has 6 heteroatoms. The number of carbonyl (C=O) groups is 1. The molecule has 1 rings (SSSR count). The maximum Gasteiger partial charge on any atom is 0.217 e. The van der Waals surface area contributed by atoms with Crippen molar-refractivity contribution in [1.82, 2.24) is 5.32 Å². The highest BCUT2D eigenvalue weighted by Crippen LogP contribution is 2.17. The van der Waals surface area contributed by atoms with E-state index in [1.165, 1.54) is 6.92 Å². The number of alkyl halides is 1. The number of hydrogen-bond acceptors (Lipinski definition) is 3. The van der Waals surface area contributed by atoms with Crippen molar-refractivity contribution in [2.24, 2.45) is 0 Å². The highest BCUT2D eigenvalue weighted by molar-refractivity contribution is 7.91. The molecule has 1 N–H and O–H groups in total. The molecule has 1 fully saturated rings. The van der Waals surface area contributed by atoms with Gasteiger partial charge in [0.1, 0.15) is 0 Å². The van der Waals surface area contributed by atoms with Crippen molar-refractivity contribution < 1.29 is 13.2 Å². The summed E-state index contributed by atoms with van der Waals surface area (Å²) in [4.78, 5) is 10.6. The third-order valence-electron chi connectivity index (χ3n) is 1.67. The zero-order valence-corrected chi connectivity index (χ0v) is 8.15. The molecule has 0 saturated carbocycles. The molecular formula is C6H10ClNO3S. The SMILES string of the molecule is CC(=O)N[C@H]1CS(=O)(=O)C[C@@H]1Cl. The highest BCUT2D eigenvalue weighted by atomic mass is 35.5. The van der Waals surface area contributed by atoms with E-state index in [-0.39, 0.29) is 17.4 Å². The van der Waals surface area contributed by atoms with E-state index in [9.17, 15) is 13.2 Å². The molecule has 0 bridgehead atoms. The molecule has 1 heterocycles. The fourth-order valence-electron chi connectivity index (χ4n) is 1.20. The third-order valence-corrected chi connectivity index (χ3v) is 4.05. The Morgan fingerprint density at radius 1 is 1.50 bits per heavy atom. The average molecular weight is 212 g/mol. The highest BCUT2D eigenvalue weighted by Gasteiger charge is 2.36. The van der Waals surface area contributed by atoms with Crippen LogP contribution in [0.5, 0.6) is 0 Å². The Morgan fingerprint density at radius 3 is 2.42 bits per heavy atom. The summed E-state index contributed by atoms with van der Waals surface area (Å²) in [6.45, 7) is 1.34. The molecule has 1 amide bonds. The van der Waals surface area contributed by atoms with Gasteiger partial charge in [0.25, 0.3) is 0 Å². The molecule has 1 saturated heterocycles. The van der Waals surface area contributed by atoms with E-state index in [4.69, 9.17) is 11.6 Å². The van der Waals surface area contributed by atoms with E-state index < -0.39 is 21.3 Å². The summed E-state index contributed by atoms with van der Waals surface area (Å²) in [5, 5.41) is 2.01. The van der Waals surface area contributed by atoms with Gasteiger partial charge >= 0.3 is 0 Å². The Kier molecular flexibility index (Phi) is 2.63. The van der Waals surface area contributed by atoms with Crippen LogP contribution in [0.25, 0.3) is 0 Å². The summed E-state index contributed by atoms with van der Waals surface area (Å²) in [7, 11) is -3.04. The number of nitrogens with one attached hydrogen (secondary N) is 1. The quantitative estimate of drug-likeness (QED) is 0.597. The number of amides is 1. The van der Waals surface area contributed by atoms with E-state index in [0.717, 1.165) is 0 Å². The van der Waals surface area contributed by atoms with Crippen molar-refractivity contribution >= 4 is 27.3 Å². The van der Waals surface area contributed by atoms with Gasteiger partial charge in [0.05, 0.1) is 22.9 Å². The van der Waals surface area contributed by atoms with Crippen LogP contribution in [0.3, 0.4) is 0 Å². The minimum Gasteiger partial charge on any atom is -0.351 e. The summed E-state index contributed by atoms with van der Waals surface area (Å²) in [6.07, 6.45) is 0. The van der Waals surface area contributed by atoms with E-state index in [2.05, 4.69) is 5.32 Å². The first-order valence-electron chi connectivity index (χ1n) is 3.52. The normalized spacial score (nSPS) is 33.2. The maximum absolute atomic E-state index is 11.0. The van der Waals surface area contributed by atoms with Crippen LogP contribution in [-0.4, -0.2) is 37.2 Å². The summed E-state index contributed by atoms with van der Waals surface area (Å²) in [5.41, 5.74) is 0. The van der Waals surface area contributed by atoms with Crippen LogP contribution in [0, 0.1) is 0 Å².